The molecule has 0 bridgehead atoms. The van der Waals surface area contributed by atoms with Gasteiger partial charge in [-0.1, -0.05) is 61.7 Å². The average Bonchev–Trinajstić information content (AvgIpc) is 2.55. The zero-order valence-corrected chi connectivity index (χ0v) is 12.7. The minimum atomic E-state index is 0.757. The highest BCUT2D eigenvalue weighted by Gasteiger charge is 2.19. The van der Waals surface area contributed by atoms with Gasteiger partial charge < -0.3 is 0 Å². The van der Waals surface area contributed by atoms with Crippen LogP contribution in [0.15, 0.2) is 48.5 Å². The number of fused-ring (bicyclic) bond motifs is 3. The fourth-order valence-electron chi connectivity index (χ4n) is 4.06. The lowest BCUT2D eigenvalue weighted by Crippen LogP contribution is -2.05. The molecule has 0 unspecified atom stereocenters. The molecule has 0 aliphatic heterocycles. The van der Waals surface area contributed by atoms with Crippen molar-refractivity contribution in [2.24, 2.45) is 0 Å². The fourth-order valence-corrected chi connectivity index (χ4v) is 4.06. The molecule has 0 spiro atoms. The Labute approximate surface area is 126 Å². The summed E-state index contributed by atoms with van der Waals surface area (Å²) in [6, 6.07) is 18.2. The number of benzene rings is 3. The zero-order chi connectivity index (χ0) is 14.2. The van der Waals surface area contributed by atoms with E-state index in [1.807, 2.05) is 0 Å². The topological polar surface area (TPSA) is 0 Å². The molecule has 21 heavy (non-hydrogen) atoms. The maximum absolute atomic E-state index is 2.49. The summed E-state index contributed by atoms with van der Waals surface area (Å²) >= 11 is 0. The smallest absolute Gasteiger partial charge is 0.0102 e. The molecule has 0 atom stereocenters. The molecule has 0 N–H and O–H groups in total. The van der Waals surface area contributed by atoms with Crippen LogP contribution in [0.25, 0.3) is 21.5 Å². The second-order valence-electron chi connectivity index (χ2n) is 6.52. The first-order valence-corrected chi connectivity index (χ1v) is 8.25. The lowest BCUT2D eigenvalue weighted by molar-refractivity contribution is 0.446. The van der Waals surface area contributed by atoms with Crippen LogP contribution < -0.4 is 0 Å². The molecule has 1 aliphatic rings. The highest BCUT2D eigenvalue weighted by atomic mass is 14.2. The van der Waals surface area contributed by atoms with Gasteiger partial charge in [0.1, 0.15) is 0 Å². The third-order valence-electron chi connectivity index (χ3n) is 5.20. The second-order valence-corrected chi connectivity index (χ2v) is 6.52. The van der Waals surface area contributed by atoms with Crippen LogP contribution in [0.3, 0.4) is 0 Å². The lowest BCUT2D eigenvalue weighted by Gasteiger charge is -2.24. The van der Waals surface area contributed by atoms with E-state index in [9.17, 15) is 0 Å². The molecular formula is C21H22. The molecule has 0 aromatic heterocycles. The van der Waals surface area contributed by atoms with Crippen LogP contribution in [0.2, 0.25) is 0 Å². The van der Waals surface area contributed by atoms with Gasteiger partial charge in [-0.3, -0.25) is 0 Å². The Hall–Kier alpha value is -1.82. The maximum Gasteiger partial charge on any atom is -0.0102 e. The van der Waals surface area contributed by atoms with Crippen molar-refractivity contribution in [1.29, 1.82) is 0 Å². The Morgan fingerprint density at radius 2 is 1.38 bits per heavy atom. The van der Waals surface area contributed by atoms with Crippen molar-refractivity contribution >= 4 is 21.5 Å². The number of hydrogen-bond donors (Lipinski definition) is 0. The lowest BCUT2D eigenvalue weighted by atomic mass is 9.80. The Kier molecular flexibility index (Phi) is 3.18. The van der Waals surface area contributed by atoms with Crippen LogP contribution in [0, 0.1) is 6.92 Å². The SMILES string of the molecule is Cc1cccc2c1cc(C1CCCCC1)c1ccccc12. The third-order valence-corrected chi connectivity index (χ3v) is 5.20. The van der Waals surface area contributed by atoms with Gasteiger partial charge in [-0.15, -0.1) is 0 Å². The summed E-state index contributed by atoms with van der Waals surface area (Å²) in [5.41, 5.74) is 2.99. The quantitative estimate of drug-likeness (QED) is 0.454. The standard InChI is InChI=1S/C21H22/c1-15-8-7-13-18-17-11-5-6-12-19(17)21(14-20(15)18)16-9-3-2-4-10-16/h5-8,11-14,16H,2-4,9-10H2,1H3. The second kappa shape index (κ2) is 5.18. The van der Waals surface area contributed by atoms with E-state index in [0.29, 0.717) is 0 Å². The van der Waals surface area contributed by atoms with E-state index >= 15 is 0 Å². The van der Waals surface area contributed by atoms with E-state index in [4.69, 9.17) is 0 Å². The molecule has 3 aromatic rings. The van der Waals surface area contributed by atoms with Crippen molar-refractivity contribution in [3.63, 3.8) is 0 Å². The molecule has 1 fully saturated rings. The normalized spacial score (nSPS) is 16.6. The Bertz CT molecular complexity index is 792. The van der Waals surface area contributed by atoms with E-state index in [2.05, 4.69) is 55.5 Å². The zero-order valence-electron chi connectivity index (χ0n) is 12.7. The highest BCUT2D eigenvalue weighted by Crippen LogP contribution is 2.39. The Morgan fingerprint density at radius 1 is 0.714 bits per heavy atom. The first-order chi connectivity index (χ1) is 10.3. The van der Waals surface area contributed by atoms with E-state index < -0.39 is 0 Å². The molecule has 0 saturated heterocycles. The summed E-state index contributed by atoms with van der Waals surface area (Å²) in [6.07, 6.45) is 6.93. The van der Waals surface area contributed by atoms with Gasteiger partial charge in [-0.25, -0.2) is 0 Å². The summed E-state index contributed by atoms with van der Waals surface area (Å²) in [6.45, 7) is 2.24. The minimum absolute atomic E-state index is 0.757. The van der Waals surface area contributed by atoms with Crippen molar-refractivity contribution in [1.82, 2.24) is 0 Å². The molecule has 106 valence electrons. The number of aryl methyl sites for hydroxylation is 1. The van der Waals surface area contributed by atoms with E-state index in [1.54, 1.807) is 5.56 Å². The monoisotopic (exact) mass is 274 g/mol. The molecule has 0 heteroatoms. The predicted molar refractivity (Wildman–Crippen MR) is 92.0 cm³/mol. The van der Waals surface area contributed by atoms with Gasteiger partial charge in [-0.05, 0) is 64.4 Å². The molecule has 0 radical (unpaired) electrons. The third kappa shape index (κ3) is 2.14. The molecular weight excluding hydrogens is 252 g/mol. The van der Waals surface area contributed by atoms with Gasteiger partial charge in [0.15, 0.2) is 0 Å². The largest absolute Gasteiger partial charge is 0.0616 e. The molecule has 4 rings (SSSR count). The summed E-state index contributed by atoms with van der Waals surface area (Å²) in [5.74, 6) is 0.757. The fraction of sp³-hybridized carbons (Fsp3) is 0.333. The Morgan fingerprint density at radius 3 is 2.19 bits per heavy atom. The Balaban J connectivity index is 2.05. The maximum atomic E-state index is 2.49. The molecule has 0 heterocycles. The van der Waals surface area contributed by atoms with Crippen LogP contribution in [0.1, 0.15) is 49.1 Å². The molecule has 1 saturated carbocycles. The van der Waals surface area contributed by atoms with Crippen LogP contribution in [0.4, 0.5) is 0 Å². The van der Waals surface area contributed by atoms with E-state index in [0.717, 1.165) is 5.92 Å². The predicted octanol–water partition coefficient (Wildman–Crippen LogP) is 6.35. The summed E-state index contributed by atoms with van der Waals surface area (Å²) < 4.78 is 0. The average molecular weight is 274 g/mol. The van der Waals surface area contributed by atoms with Gasteiger partial charge in [-0.2, -0.15) is 0 Å². The van der Waals surface area contributed by atoms with E-state index in [-0.39, 0.29) is 0 Å². The number of hydrogen-bond acceptors (Lipinski definition) is 0. The van der Waals surface area contributed by atoms with Crippen molar-refractivity contribution in [3.8, 4) is 0 Å². The van der Waals surface area contributed by atoms with Crippen LogP contribution in [-0.4, -0.2) is 0 Å². The van der Waals surface area contributed by atoms with Crippen LogP contribution in [-0.2, 0) is 0 Å². The van der Waals surface area contributed by atoms with Crippen molar-refractivity contribution in [3.05, 3.63) is 59.7 Å². The minimum Gasteiger partial charge on any atom is -0.0616 e. The van der Waals surface area contributed by atoms with Crippen LogP contribution >= 0.6 is 0 Å². The van der Waals surface area contributed by atoms with Gasteiger partial charge in [0.2, 0.25) is 0 Å². The highest BCUT2D eigenvalue weighted by molar-refractivity contribution is 6.10. The summed E-state index contributed by atoms with van der Waals surface area (Å²) in [4.78, 5) is 0. The van der Waals surface area contributed by atoms with E-state index in [1.165, 1.54) is 59.2 Å². The van der Waals surface area contributed by atoms with Gasteiger partial charge in [0, 0.05) is 0 Å². The number of rotatable bonds is 1. The van der Waals surface area contributed by atoms with Crippen LogP contribution in [0.5, 0.6) is 0 Å². The molecule has 1 aliphatic carbocycles. The van der Waals surface area contributed by atoms with Gasteiger partial charge >= 0.3 is 0 Å². The first kappa shape index (κ1) is 12.9. The molecule has 0 nitrogen and oxygen atoms in total. The summed E-state index contributed by atoms with van der Waals surface area (Å²) in [7, 11) is 0. The molecule has 0 amide bonds. The van der Waals surface area contributed by atoms with Gasteiger partial charge in [0.05, 0.1) is 0 Å². The first-order valence-electron chi connectivity index (χ1n) is 8.25. The van der Waals surface area contributed by atoms with Crippen molar-refractivity contribution < 1.29 is 0 Å². The molecule has 3 aromatic carbocycles. The summed E-state index contributed by atoms with van der Waals surface area (Å²) in [5, 5.41) is 5.75. The van der Waals surface area contributed by atoms with Gasteiger partial charge in [0.25, 0.3) is 0 Å². The van der Waals surface area contributed by atoms with Crippen molar-refractivity contribution in [2.75, 3.05) is 0 Å². The van der Waals surface area contributed by atoms with Crippen molar-refractivity contribution in [2.45, 2.75) is 44.9 Å².